The molecule has 2 aromatic heterocycles. The standard InChI is InChI=1S/C11H11N5O2S/c1-18-9(17)7-4-2-3-6(14-7)8-5-19-11(15-8)16-10(12)13/h2-5H,1H3,(H4,12,13,15,16). The Balaban J connectivity index is 2.34. The maximum atomic E-state index is 11.4. The van der Waals surface area contributed by atoms with Crippen molar-refractivity contribution in [3.05, 3.63) is 29.3 Å². The van der Waals surface area contributed by atoms with Crippen LogP contribution in [0, 0.1) is 0 Å². The number of pyridine rings is 1. The topological polar surface area (TPSA) is 116 Å². The average Bonchev–Trinajstić information content (AvgIpc) is 2.85. The Hall–Kier alpha value is -2.48. The first-order chi connectivity index (χ1) is 9.10. The summed E-state index contributed by atoms with van der Waals surface area (Å²) in [5.41, 5.74) is 11.9. The van der Waals surface area contributed by atoms with Gasteiger partial charge in [-0.05, 0) is 12.1 Å². The number of aliphatic imine (C=N–C) groups is 1. The monoisotopic (exact) mass is 277 g/mol. The molecule has 0 spiro atoms. The van der Waals surface area contributed by atoms with Crippen molar-refractivity contribution in [2.75, 3.05) is 7.11 Å². The summed E-state index contributed by atoms with van der Waals surface area (Å²) in [6.07, 6.45) is 0. The van der Waals surface area contributed by atoms with Crippen LogP contribution in [0.4, 0.5) is 5.13 Å². The maximum Gasteiger partial charge on any atom is 0.356 e. The summed E-state index contributed by atoms with van der Waals surface area (Å²) in [5, 5.41) is 2.19. The Labute approximate surface area is 113 Å². The summed E-state index contributed by atoms with van der Waals surface area (Å²) < 4.78 is 4.61. The minimum atomic E-state index is -0.499. The molecule has 0 atom stereocenters. The molecule has 4 N–H and O–H groups in total. The maximum absolute atomic E-state index is 11.4. The van der Waals surface area contributed by atoms with Gasteiger partial charge in [0.25, 0.3) is 0 Å². The number of guanidine groups is 1. The lowest BCUT2D eigenvalue weighted by atomic mass is 10.2. The number of ether oxygens (including phenoxy) is 1. The van der Waals surface area contributed by atoms with Crippen molar-refractivity contribution < 1.29 is 9.53 Å². The molecule has 0 aliphatic carbocycles. The summed E-state index contributed by atoms with van der Waals surface area (Å²) in [5.74, 6) is -0.557. The molecule has 0 saturated heterocycles. The predicted molar refractivity (Wildman–Crippen MR) is 72.2 cm³/mol. The van der Waals surface area contributed by atoms with Crippen LogP contribution < -0.4 is 11.5 Å². The second kappa shape index (κ2) is 5.44. The summed E-state index contributed by atoms with van der Waals surface area (Å²) in [6, 6.07) is 5.01. The number of nitrogens with two attached hydrogens (primary N) is 2. The Morgan fingerprint density at radius 2 is 2.11 bits per heavy atom. The van der Waals surface area contributed by atoms with Crippen molar-refractivity contribution in [3.63, 3.8) is 0 Å². The third-order valence-electron chi connectivity index (χ3n) is 2.12. The van der Waals surface area contributed by atoms with E-state index in [1.54, 1.807) is 23.6 Å². The predicted octanol–water partition coefficient (Wildman–Crippen LogP) is 0.897. The van der Waals surface area contributed by atoms with Crippen LogP contribution in [0.3, 0.4) is 0 Å². The molecule has 2 aromatic rings. The number of hydrogen-bond acceptors (Lipinski definition) is 6. The van der Waals surface area contributed by atoms with Crippen molar-refractivity contribution in [2.45, 2.75) is 0 Å². The lowest BCUT2D eigenvalue weighted by Gasteiger charge is -2.00. The number of esters is 1. The number of carbonyl (C=O) groups is 1. The molecule has 98 valence electrons. The molecule has 2 rings (SSSR count). The van der Waals surface area contributed by atoms with Crippen LogP contribution in [0.1, 0.15) is 10.5 Å². The van der Waals surface area contributed by atoms with Crippen molar-refractivity contribution in [3.8, 4) is 11.4 Å². The van der Waals surface area contributed by atoms with Gasteiger partial charge in [0.15, 0.2) is 5.96 Å². The molecule has 8 heteroatoms. The third kappa shape index (κ3) is 3.05. The van der Waals surface area contributed by atoms with Gasteiger partial charge in [-0.25, -0.2) is 14.8 Å². The van der Waals surface area contributed by atoms with Crippen molar-refractivity contribution in [1.29, 1.82) is 0 Å². The molecular formula is C11H11N5O2S. The number of hydrogen-bond donors (Lipinski definition) is 2. The number of carbonyl (C=O) groups excluding carboxylic acids is 1. The van der Waals surface area contributed by atoms with E-state index in [0.717, 1.165) is 0 Å². The second-order valence-corrected chi connectivity index (χ2v) is 4.29. The highest BCUT2D eigenvalue weighted by atomic mass is 32.1. The first kappa shape index (κ1) is 13.0. The third-order valence-corrected chi connectivity index (χ3v) is 2.86. The molecule has 7 nitrogen and oxygen atoms in total. The first-order valence-electron chi connectivity index (χ1n) is 5.21. The van der Waals surface area contributed by atoms with E-state index in [4.69, 9.17) is 11.5 Å². The van der Waals surface area contributed by atoms with Gasteiger partial charge in [-0.15, -0.1) is 11.3 Å². The molecule has 0 saturated carbocycles. The van der Waals surface area contributed by atoms with E-state index in [0.29, 0.717) is 16.5 Å². The molecule has 0 fully saturated rings. The number of aromatic nitrogens is 2. The van der Waals surface area contributed by atoms with Crippen LogP contribution in [-0.4, -0.2) is 29.0 Å². The zero-order valence-electron chi connectivity index (χ0n) is 10.0. The second-order valence-electron chi connectivity index (χ2n) is 3.45. The zero-order valence-corrected chi connectivity index (χ0v) is 10.8. The summed E-state index contributed by atoms with van der Waals surface area (Å²) in [7, 11) is 1.30. The Morgan fingerprint density at radius 3 is 2.79 bits per heavy atom. The fourth-order valence-corrected chi connectivity index (χ4v) is 2.04. The lowest BCUT2D eigenvalue weighted by molar-refractivity contribution is 0.0594. The van der Waals surface area contributed by atoms with Gasteiger partial charge in [0.05, 0.1) is 12.8 Å². The van der Waals surface area contributed by atoms with Crippen molar-refractivity contribution in [1.82, 2.24) is 9.97 Å². The van der Waals surface area contributed by atoms with E-state index in [2.05, 4.69) is 19.7 Å². The van der Waals surface area contributed by atoms with Crippen LogP contribution in [0.15, 0.2) is 28.6 Å². The number of methoxy groups -OCH3 is 1. The van der Waals surface area contributed by atoms with Gasteiger partial charge in [-0.3, -0.25) is 0 Å². The fraction of sp³-hybridized carbons (Fsp3) is 0.0909. The largest absolute Gasteiger partial charge is 0.464 e. The molecule has 0 aliphatic heterocycles. The van der Waals surface area contributed by atoms with Crippen LogP contribution in [-0.2, 0) is 4.74 Å². The van der Waals surface area contributed by atoms with E-state index >= 15 is 0 Å². The Morgan fingerprint density at radius 1 is 1.32 bits per heavy atom. The highest BCUT2D eigenvalue weighted by Gasteiger charge is 2.10. The summed E-state index contributed by atoms with van der Waals surface area (Å²) in [6.45, 7) is 0. The number of rotatable bonds is 3. The van der Waals surface area contributed by atoms with Gasteiger partial charge in [-0.2, -0.15) is 4.99 Å². The Kier molecular flexibility index (Phi) is 3.71. The molecule has 0 aliphatic rings. The van der Waals surface area contributed by atoms with E-state index in [1.165, 1.54) is 18.4 Å². The van der Waals surface area contributed by atoms with Crippen molar-refractivity contribution >= 4 is 28.4 Å². The van der Waals surface area contributed by atoms with E-state index in [1.807, 2.05) is 0 Å². The zero-order chi connectivity index (χ0) is 13.8. The van der Waals surface area contributed by atoms with Crippen LogP contribution in [0.5, 0.6) is 0 Å². The van der Waals surface area contributed by atoms with Crippen LogP contribution in [0.25, 0.3) is 11.4 Å². The normalized spacial score (nSPS) is 9.95. The lowest BCUT2D eigenvalue weighted by Crippen LogP contribution is -2.21. The van der Waals surface area contributed by atoms with E-state index < -0.39 is 5.97 Å². The molecule has 0 aromatic carbocycles. The van der Waals surface area contributed by atoms with Gasteiger partial charge in [0.2, 0.25) is 5.13 Å². The minimum absolute atomic E-state index is 0.0582. The first-order valence-corrected chi connectivity index (χ1v) is 6.09. The van der Waals surface area contributed by atoms with E-state index in [-0.39, 0.29) is 11.7 Å². The molecular weight excluding hydrogens is 266 g/mol. The molecule has 0 unspecified atom stereocenters. The van der Waals surface area contributed by atoms with Gasteiger partial charge >= 0.3 is 5.97 Å². The van der Waals surface area contributed by atoms with Gasteiger partial charge in [-0.1, -0.05) is 6.07 Å². The fourth-order valence-electron chi connectivity index (χ4n) is 1.34. The summed E-state index contributed by atoms with van der Waals surface area (Å²) >= 11 is 1.28. The number of nitrogens with zero attached hydrogens (tertiary/aromatic N) is 3. The molecule has 0 bridgehead atoms. The van der Waals surface area contributed by atoms with Crippen LogP contribution >= 0.6 is 11.3 Å². The SMILES string of the molecule is COC(=O)c1cccc(-c2csc(N=C(N)N)n2)n1. The average molecular weight is 277 g/mol. The molecule has 0 amide bonds. The molecule has 0 radical (unpaired) electrons. The quantitative estimate of drug-likeness (QED) is 0.489. The smallest absolute Gasteiger partial charge is 0.356 e. The molecule has 19 heavy (non-hydrogen) atoms. The van der Waals surface area contributed by atoms with Crippen molar-refractivity contribution in [2.24, 2.45) is 16.5 Å². The van der Waals surface area contributed by atoms with Gasteiger partial charge in [0.1, 0.15) is 11.4 Å². The van der Waals surface area contributed by atoms with Crippen LogP contribution in [0.2, 0.25) is 0 Å². The number of thiazole rings is 1. The minimum Gasteiger partial charge on any atom is -0.464 e. The summed E-state index contributed by atoms with van der Waals surface area (Å²) in [4.78, 5) is 23.6. The highest BCUT2D eigenvalue weighted by Crippen LogP contribution is 2.25. The van der Waals surface area contributed by atoms with Gasteiger partial charge < -0.3 is 16.2 Å². The highest BCUT2D eigenvalue weighted by molar-refractivity contribution is 7.13. The van der Waals surface area contributed by atoms with Gasteiger partial charge in [0, 0.05) is 5.38 Å². The Bertz CT molecular complexity index is 634. The van der Waals surface area contributed by atoms with E-state index in [9.17, 15) is 4.79 Å². The molecule has 2 heterocycles.